The lowest BCUT2D eigenvalue weighted by atomic mass is 10.3. The number of ether oxygens (including phenoxy) is 1. The minimum absolute atomic E-state index is 0.211. The Hall–Kier alpha value is -2.63. The monoisotopic (exact) mass is 330 g/mol. The lowest BCUT2D eigenvalue weighted by Gasteiger charge is -2.18. The first-order valence-corrected chi connectivity index (χ1v) is 7.86. The smallest absolute Gasteiger partial charge is 0.191 e. The molecule has 2 N–H and O–H groups in total. The zero-order valence-electron chi connectivity index (χ0n) is 14.2. The van der Waals surface area contributed by atoms with Crippen molar-refractivity contribution in [3.8, 4) is 5.75 Å². The van der Waals surface area contributed by atoms with Gasteiger partial charge in [0.15, 0.2) is 17.5 Å². The Morgan fingerprint density at radius 2 is 2.00 bits per heavy atom. The Morgan fingerprint density at radius 1 is 1.21 bits per heavy atom. The van der Waals surface area contributed by atoms with Crippen molar-refractivity contribution >= 4 is 5.96 Å². The maximum absolute atomic E-state index is 13.6. The normalized spacial score (nSPS) is 12.6. The highest BCUT2D eigenvalue weighted by Crippen LogP contribution is 2.16. The van der Waals surface area contributed by atoms with E-state index < -0.39 is 0 Å². The van der Waals surface area contributed by atoms with Crippen LogP contribution in [0, 0.1) is 12.7 Å². The molecule has 0 bridgehead atoms. The van der Waals surface area contributed by atoms with Gasteiger partial charge < -0.3 is 15.4 Å². The van der Waals surface area contributed by atoms with Gasteiger partial charge in [-0.15, -0.1) is 0 Å². The first-order chi connectivity index (χ1) is 11.6. The summed E-state index contributed by atoms with van der Waals surface area (Å²) in [5, 5.41) is 6.35. The number of benzene rings is 1. The van der Waals surface area contributed by atoms with Gasteiger partial charge in [-0.05, 0) is 38.1 Å². The molecule has 24 heavy (non-hydrogen) atoms. The Bertz CT molecular complexity index is 690. The number of aromatic nitrogens is 1. The maximum Gasteiger partial charge on any atom is 0.191 e. The SMILES string of the molecule is CN=C(NCc1cccc(C)n1)NCC(C)Oc1ccccc1F. The number of aliphatic imine (C=N–C) groups is 1. The predicted octanol–water partition coefficient (Wildman–Crippen LogP) is 2.66. The summed E-state index contributed by atoms with van der Waals surface area (Å²) in [6, 6.07) is 12.3. The van der Waals surface area contributed by atoms with Gasteiger partial charge in [-0.25, -0.2) is 4.39 Å². The molecule has 1 atom stereocenters. The summed E-state index contributed by atoms with van der Waals surface area (Å²) in [4.78, 5) is 8.59. The van der Waals surface area contributed by atoms with E-state index >= 15 is 0 Å². The van der Waals surface area contributed by atoms with E-state index in [1.807, 2.05) is 32.0 Å². The Labute approximate surface area is 142 Å². The van der Waals surface area contributed by atoms with Gasteiger partial charge in [0.05, 0.1) is 18.8 Å². The van der Waals surface area contributed by atoms with Crippen LogP contribution >= 0.6 is 0 Å². The molecule has 1 aromatic carbocycles. The van der Waals surface area contributed by atoms with Crippen molar-refractivity contribution in [3.05, 3.63) is 59.7 Å². The minimum atomic E-state index is -0.364. The van der Waals surface area contributed by atoms with Crippen molar-refractivity contribution in [1.29, 1.82) is 0 Å². The van der Waals surface area contributed by atoms with Crippen LogP contribution in [0.15, 0.2) is 47.5 Å². The molecule has 1 unspecified atom stereocenters. The van der Waals surface area contributed by atoms with Crippen LogP contribution in [0.5, 0.6) is 5.75 Å². The van der Waals surface area contributed by atoms with Gasteiger partial charge in [0.1, 0.15) is 6.10 Å². The van der Waals surface area contributed by atoms with Crippen molar-refractivity contribution < 1.29 is 9.13 Å². The van der Waals surface area contributed by atoms with Gasteiger partial charge in [-0.1, -0.05) is 18.2 Å². The van der Waals surface area contributed by atoms with Crippen molar-refractivity contribution in [2.45, 2.75) is 26.5 Å². The second-order valence-corrected chi connectivity index (χ2v) is 5.44. The van der Waals surface area contributed by atoms with E-state index in [-0.39, 0.29) is 17.7 Å². The number of hydrogen-bond donors (Lipinski definition) is 2. The zero-order valence-corrected chi connectivity index (χ0v) is 14.2. The number of nitrogens with one attached hydrogen (secondary N) is 2. The fourth-order valence-electron chi connectivity index (χ4n) is 2.13. The fourth-order valence-corrected chi connectivity index (χ4v) is 2.13. The summed E-state index contributed by atoms with van der Waals surface area (Å²) >= 11 is 0. The Balaban J connectivity index is 1.79. The standard InChI is InChI=1S/C18H23FN4O/c1-13-7-6-8-15(23-13)12-22-18(20-3)21-11-14(2)24-17-10-5-4-9-16(17)19/h4-10,14H,11-12H2,1-3H3,(H2,20,21,22). The summed E-state index contributed by atoms with van der Waals surface area (Å²) < 4.78 is 19.2. The second kappa shape index (κ2) is 8.86. The molecule has 6 heteroatoms. The number of guanidine groups is 1. The molecule has 0 radical (unpaired) electrons. The summed E-state index contributed by atoms with van der Waals surface area (Å²) in [5.74, 6) is 0.526. The third kappa shape index (κ3) is 5.53. The average molecular weight is 330 g/mol. The number of nitrogens with zero attached hydrogens (tertiary/aromatic N) is 2. The van der Waals surface area contributed by atoms with Crippen LogP contribution in [0.25, 0.3) is 0 Å². The van der Waals surface area contributed by atoms with Crippen molar-refractivity contribution in [3.63, 3.8) is 0 Å². The van der Waals surface area contributed by atoms with E-state index in [9.17, 15) is 4.39 Å². The number of halogens is 1. The number of hydrogen-bond acceptors (Lipinski definition) is 3. The largest absolute Gasteiger partial charge is 0.486 e. The summed E-state index contributed by atoms with van der Waals surface area (Å²) in [7, 11) is 1.70. The topological polar surface area (TPSA) is 58.5 Å². The van der Waals surface area contributed by atoms with Crippen LogP contribution in [0.3, 0.4) is 0 Å². The molecule has 128 valence electrons. The second-order valence-electron chi connectivity index (χ2n) is 5.44. The van der Waals surface area contributed by atoms with E-state index in [0.29, 0.717) is 19.0 Å². The van der Waals surface area contributed by atoms with Crippen LogP contribution in [-0.2, 0) is 6.54 Å². The van der Waals surface area contributed by atoms with Gasteiger partial charge in [0.25, 0.3) is 0 Å². The van der Waals surface area contributed by atoms with Gasteiger partial charge >= 0.3 is 0 Å². The van der Waals surface area contributed by atoms with Gasteiger partial charge in [0.2, 0.25) is 0 Å². The lowest BCUT2D eigenvalue weighted by molar-refractivity contribution is 0.214. The molecule has 2 rings (SSSR count). The molecule has 0 aliphatic heterocycles. The maximum atomic E-state index is 13.6. The molecular formula is C18H23FN4O. The van der Waals surface area contributed by atoms with E-state index in [2.05, 4.69) is 20.6 Å². The number of rotatable bonds is 6. The average Bonchev–Trinajstić information content (AvgIpc) is 2.57. The first kappa shape index (κ1) is 17.7. The highest BCUT2D eigenvalue weighted by molar-refractivity contribution is 5.79. The third-order valence-corrected chi connectivity index (χ3v) is 3.33. The van der Waals surface area contributed by atoms with E-state index in [1.165, 1.54) is 6.07 Å². The Morgan fingerprint density at radius 3 is 2.71 bits per heavy atom. The number of para-hydroxylation sites is 1. The van der Waals surface area contributed by atoms with Gasteiger partial charge in [-0.2, -0.15) is 0 Å². The molecule has 0 amide bonds. The fraction of sp³-hybridized carbons (Fsp3) is 0.333. The van der Waals surface area contributed by atoms with E-state index in [0.717, 1.165) is 11.4 Å². The number of pyridine rings is 1. The summed E-state index contributed by atoms with van der Waals surface area (Å²) in [5.41, 5.74) is 1.91. The van der Waals surface area contributed by atoms with Crippen molar-refractivity contribution in [2.75, 3.05) is 13.6 Å². The van der Waals surface area contributed by atoms with Crippen LogP contribution in [0.1, 0.15) is 18.3 Å². The molecule has 0 spiro atoms. The van der Waals surface area contributed by atoms with Crippen LogP contribution < -0.4 is 15.4 Å². The van der Waals surface area contributed by atoms with Crippen LogP contribution in [0.2, 0.25) is 0 Å². The van der Waals surface area contributed by atoms with Crippen LogP contribution in [0.4, 0.5) is 4.39 Å². The highest BCUT2D eigenvalue weighted by Gasteiger charge is 2.09. The van der Waals surface area contributed by atoms with Crippen LogP contribution in [-0.4, -0.2) is 30.6 Å². The molecule has 2 aromatic rings. The van der Waals surface area contributed by atoms with Crippen molar-refractivity contribution in [2.24, 2.45) is 4.99 Å². The van der Waals surface area contributed by atoms with Gasteiger partial charge in [0, 0.05) is 12.7 Å². The quantitative estimate of drug-likeness (QED) is 0.631. The van der Waals surface area contributed by atoms with E-state index in [1.54, 1.807) is 25.2 Å². The molecule has 1 aromatic heterocycles. The summed E-state index contributed by atoms with van der Waals surface area (Å²) in [6.07, 6.45) is -0.211. The molecule has 0 aliphatic carbocycles. The molecule has 0 aliphatic rings. The molecule has 0 saturated carbocycles. The molecule has 5 nitrogen and oxygen atoms in total. The number of aryl methyl sites for hydroxylation is 1. The first-order valence-electron chi connectivity index (χ1n) is 7.86. The summed E-state index contributed by atoms with van der Waals surface area (Å²) in [6.45, 7) is 4.90. The van der Waals surface area contributed by atoms with E-state index in [4.69, 9.17) is 4.74 Å². The van der Waals surface area contributed by atoms with Gasteiger partial charge in [-0.3, -0.25) is 9.98 Å². The lowest BCUT2D eigenvalue weighted by Crippen LogP contribution is -2.41. The third-order valence-electron chi connectivity index (χ3n) is 3.33. The minimum Gasteiger partial charge on any atom is -0.486 e. The van der Waals surface area contributed by atoms with Crippen molar-refractivity contribution in [1.82, 2.24) is 15.6 Å². The predicted molar refractivity (Wildman–Crippen MR) is 93.7 cm³/mol. The molecular weight excluding hydrogens is 307 g/mol. The zero-order chi connectivity index (χ0) is 17.4. The molecule has 1 heterocycles. The highest BCUT2D eigenvalue weighted by atomic mass is 19.1. The molecule has 0 fully saturated rings. The Kier molecular flexibility index (Phi) is 6.54. The molecule has 0 saturated heterocycles.